The van der Waals surface area contributed by atoms with Crippen LogP contribution in [-0.4, -0.2) is 42.6 Å². The Labute approximate surface area is 95.0 Å². The minimum Gasteiger partial charge on any atom is -0.368 e. The molecule has 0 unspecified atom stereocenters. The van der Waals surface area contributed by atoms with E-state index in [1.165, 1.54) is 0 Å². The minimum atomic E-state index is 0.246. The average Bonchev–Trinajstić information content (AvgIpc) is 2.39. The molecule has 86 valence electrons. The van der Waals surface area contributed by atoms with Crippen LogP contribution in [0.4, 0.5) is 11.5 Å². The Hall–Kier alpha value is -1.49. The van der Waals surface area contributed by atoms with Crippen LogP contribution in [0.15, 0.2) is 23.5 Å². The van der Waals surface area contributed by atoms with Gasteiger partial charge in [0.1, 0.15) is 0 Å². The summed E-state index contributed by atoms with van der Waals surface area (Å²) in [5.74, 6) is 0.246. The lowest BCUT2D eigenvalue weighted by Gasteiger charge is -2.35. The smallest absolute Gasteiger partial charge is 0.196 e. The van der Waals surface area contributed by atoms with Gasteiger partial charge in [0, 0.05) is 26.2 Å². The molecular weight excluding hydrogens is 204 g/mol. The molecule has 1 saturated heterocycles. The van der Waals surface area contributed by atoms with E-state index in [1.54, 1.807) is 12.3 Å². The molecule has 1 aromatic heterocycles. The lowest BCUT2D eigenvalue weighted by molar-refractivity contribution is 0.271. The molecule has 1 aliphatic rings. The molecule has 0 bridgehead atoms. The van der Waals surface area contributed by atoms with Crippen LogP contribution < -0.4 is 4.90 Å². The van der Waals surface area contributed by atoms with Crippen molar-refractivity contribution in [3.8, 4) is 0 Å². The molecule has 16 heavy (non-hydrogen) atoms. The molecule has 1 fully saturated rings. The van der Waals surface area contributed by atoms with Gasteiger partial charge in [-0.1, -0.05) is 6.92 Å². The zero-order valence-electron chi connectivity index (χ0n) is 9.46. The fourth-order valence-electron chi connectivity index (χ4n) is 1.94. The minimum absolute atomic E-state index is 0.246. The zero-order valence-corrected chi connectivity index (χ0v) is 9.46. The van der Waals surface area contributed by atoms with Gasteiger partial charge in [-0.3, -0.25) is 0 Å². The fraction of sp³-hybridized carbons (Fsp3) is 0.545. The van der Waals surface area contributed by atoms with E-state index in [-0.39, 0.29) is 5.82 Å². The summed E-state index contributed by atoms with van der Waals surface area (Å²) >= 11 is 0. The van der Waals surface area contributed by atoms with Crippen molar-refractivity contribution in [2.45, 2.75) is 6.92 Å². The van der Waals surface area contributed by atoms with Crippen LogP contribution in [0.1, 0.15) is 6.92 Å². The van der Waals surface area contributed by atoms with Gasteiger partial charge >= 0.3 is 0 Å². The number of hydrogen-bond donors (Lipinski definition) is 0. The molecule has 5 heteroatoms. The van der Waals surface area contributed by atoms with Crippen molar-refractivity contribution in [1.29, 1.82) is 0 Å². The van der Waals surface area contributed by atoms with Crippen LogP contribution in [0.25, 0.3) is 0 Å². The fourth-order valence-corrected chi connectivity index (χ4v) is 1.94. The summed E-state index contributed by atoms with van der Waals surface area (Å²) in [5.41, 5.74) is 1.07. The lowest BCUT2D eigenvalue weighted by Crippen LogP contribution is -2.46. The Morgan fingerprint density at radius 3 is 2.56 bits per heavy atom. The van der Waals surface area contributed by atoms with Crippen molar-refractivity contribution in [2.24, 2.45) is 5.18 Å². The van der Waals surface area contributed by atoms with Crippen molar-refractivity contribution in [1.82, 2.24) is 9.88 Å². The first-order valence-electron chi connectivity index (χ1n) is 5.60. The first-order chi connectivity index (χ1) is 7.83. The van der Waals surface area contributed by atoms with Crippen LogP contribution in [-0.2, 0) is 0 Å². The van der Waals surface area contributed by atoms with E-state index < -0.39 is 0 Å². The zero-order chi connectivity index (χ0) is 11.4. The SMILES string of the molecule is CCN1CCN(c2ccc(N=O)nc2)CC1. The number of nitroso groups, excluding NO2 is 1. The van der Waals surface area contributed by atoms with Gasteiger partial charge < -0.3 is 9.80 Å². The standard InChI is InChI=1S/C11H16N4O/c1-2-14-5-7-15(8-6-14)10-3-4-11(13-16)12-9-10/h3-4,9H,2,5-8H2,1H3. The van der Waals surface area contributed by atoms with Crippen molar-refractivity contribution >= 4 is 11.5 Å². The number of aromatic nitrogens is 1. The molecule has 0 saturated carbocycles. The number of likely N-dealkylation sites (N-methyl/N-ethyl adjacent to an activating group) is 1. The summed E-state index contributed by atoms with van der Waals surface area (Å²) in [6.07, 6.45) is 1.72. The third-order valence-electron chi connectivity index (χ3n) is 3.01. The van der Waals surface area contributed by atoms with Gasteiger partial charge in [-0.2, -0.15) is 0 Å². The molecule has 1 aromatic rings. The van der Waals surface area contributed by atoms with E-state index in [1.807, 2.05) is 6.07 Å². The molecule has 0 N–H and O–H groups in total. The van der Waals surface area contributed by atoms with E-state index in [4.69, 9.17) is 0 Å². The molecule has 0 aromatic carbocycles. The molecule has 5 nitrogen and oxygen atoms in total. The van der Waals surface area contributed by atoms with Crippen LogP contribution >= 0.6 is 0 Å². The number of anilines is 1. The van der Waals surface area contributed by atoms with Crippen molar-refractivity contribution in [2.75, 3.05) is 37.6 Å². The predicted octanol–water partition coefficient (Wildman–Crippen LogP) is 1.62. The van der Waals surface area contributed by atoms with E-state index in [0.717, 1.165) is 38.4 Å². The highest BCUT2D eigenvalue weighted by Crippen LogP contribution is 2.17. The third-order valence-corrected chi connectivity index (χ3v) is 3.01. The molecule has 0 radical (unpaired) electrons. The number of hydrogen-bond acceptors (Lipinski definition) is 5. The monoisotopic (exact) mass is 220 g/mol. The maximum Gasteiger partial charge on any atom is 0.196 e. The largest absolute Gasteiger partial charge is 0.368 e. The average molecular weight is 220 g/mol. The van der Waals surface area contributed by atoms with Gasteiger partial charge in [-0.15, -0.1) is 4.91 Å². The third kappa shape index (κ3) is 2.36. The Bertz CT molecular complexity index is 344. The lowest BCUT2D eigenvalue weighted by atomic mass is 10.3. The highest BCUT2D eigenvalue weighted by molar-refractivity contribution is 5.48. The second kappa shape index (κ2) is 5.03. The summed E-state index contributed by atoms with van der Waals surface area (Å²) in [4.78, 5) is 18.9. The molecule has 0 aliphatic carbocycles. The highest BCUT2D eigenvalue weighted by atomic mass is 16.3. The van der Waals surface area contributed by atoms with Gasteiger partial charge in [-0.25, -0.2) is 4.98 Å². The van der Waals surface area contributed by atoms with Crippen LogP contribution in [0.5, 0.6) is 0 Å². The van der Waals surface area contributed by atoms with Gasteiger partial charge in [0.05, 0.1) is 11.9 Å². The molecule has 0 atom stereocenters. The second-order valence-corrected chi connectivity index (χ2v) is 3.89. The summed E-state index contributed by atoms with van der Waals surface area (Å²) in [7, 11) is 0. The summed E-state index contributed by atoms with van der Waals surface area (Å²) in [5, 5.41) is 2.79. The van der Waals surface area contributed by atoms with E-state index in [0.29, 0.717) is 0 Å². The number of piperazine rings is 1. The number of pyridine rings is 1. The molecular formula is C11H16N4O. The quantitative estimate of drug-likeness (QED) is 0.726. The molecule has 0 spiro atoms. The first kappa shape index (κ1) is 11.0. The number of rotatable bonds is 3. The maximum absolute atomic E-state index is 10.2. The van der Waals surface area contributed by atoms with Crippen molar-refractivity contribution in [3.63, 3.8) is 0 Å². The van der Waals surface area contributed by atoms with Gasteiger partial charge in [0.2, 0.25) is 0 Å². The maximum atomic E-state index is 10.2. The van der Waals surface area contributed by atoms with Gasteiger partial charge in [-0.05, 0) is 23.9 Å². The summed E-state index contributed by atoms with van der Waals surface area (Å²) in [6, 6.07) is 3.57. The predicted molar refractivity (Wildman–Crippen MR) is 64.0 cm³/mol. The number of nitrogens with zero attached hydrogens (tertiary/aromatic N) is 4. The first-order valence-corrected chi connectivity index (χ1v) is 5.60. The Morgan fingerprint density at radius 2 is 2.06 bits per heavy atom. The van der Waals surface area contributed by atoms with E-state index in [2.05, 4.69) is 26.9 Å². The van der Waals surface area contributed by atoms with Crippen LogP contribution in [0.3, 0.4) is 0 Å². The highest BCUT2D eigenvalue weighted by Gasteiger charge is 2.15. The van der Waals surface area contributed by atoms with E-state index in [9.17, 15) is 4.91 Å². The van der Waals surface area contributed by atoms with E-state index >= 15 is 0 Å². The molecule has 2 rings (SSSR count). The Kier molecular flexibility index (Phi) is 3.46. The van der Waals surface area contributed by atoms with Crippen molar-refractivity contribution < 1.29 is 0 Å². The summed E-state index contributed by atoms with van der Waals surface area (Å²) in [6.45, 7) is 7.50. The Morgan fingerprint density at radius 1 is 1.31 bits per heavy atom. The molecule has 0 amide bonds. The van der Waals surface area contributed by atoms with Gasteiger partial charge in [0.15, 0.2) is 5.82 Å². The normalized spacial score (nSPS) is 17.4. The molecule has 2 heterocycles. The summed E-state index contributed by atoms with van der Waals surface area (Å²) < 4.78 is 0. The van der Waals surface area contributed by atoms with Crippen molar-refractivity contribution in [3.05, 3.63) is 23.2 Å². The molecule has 1 aliphatic heterocycles. The topological polar surface area (TPSA) is 48.8 Å². The van der Waals surface area contributed by atoms with Crippen LogP contribution in [0, 0.1) is 4.91 Å². The Balaban J connectivity index is 1.99. The van der Waals surface area contributed by atoms with Gasteiger partial charge in [0.25, 0.3) is 0 Å². The second-order valence-electron chi connectivity index (χ2n) is 3.89. The van der Waals surface area contributed by atoms with Crippen LogP contribution in [0.2, 0.25) is 0 Å².